The molecule has 1 aliphatic carbocycles. The number of amides is 4. The van der Waals surface area contributed by atoms with Gasteiger partial charge in [-0.3, -0.25) is 14.5 Å². The van der Waals surface area contributed by atoms with Crippen LogP contribution >= 0.6 is 23.5 Å². The van der Waals surface area contributed by atoms with Gasteiger partial charge in [0.05, 0.1) is 22.2 Å². The number of thioether (sulfide) groups is 2. The highest BCUT2D eigenvalue weighted by Crippen LogP contribution is 2.43. The second-order valence-corrected chi connectivity index (χ2v) is 11.8. The Bertz CT molecular complexity index is 1450. The number of allylic oxidation sites excluding steroid dienone is 2. The molecular formula is C30H28N4O3S2. The maximum atomic E-state index is 13.6. The second-order valence-electron chi connectivity index (χ2n) is 9.15. The van der Waals surface area contributed by atoms with Gasteiger partial charge in [-0.25, -0.2) is 4.79 Å². The number of hydrogen-bond acceptors (Lipinski definition) is 5. The predicted octanol–water partition coefficient (Wildman–Crippen LogP) is 6.77. The van der Waals surface area contributed by atoms with E-state index in [-0.39, 0.29) is 34.4 Å². The molecule has 3 atom stereocenters. The van der Waals surface area contributed by atoms with Gasteiger partial charge in [-0.2, -0.15) is 0 Å². The lowest BCUT2D eigenvalue weighted by molar-refractivity contribution is -0.115. The average molecular weight is 557 g/mol. The first-order chi connectivity index (χ1) is 18.9. The molecule has 0 aromatic heterocycles. The van der Waals surface area contributed by atoms with E-state index >= 15 is 0 Å². The molecule has 3 aromatic carbocycles. The smallest absolute Gasteiger partial charge is 0.326 e. The molecular weight excluding hydrogens is 528 g/mol. The molecule has 0 fully saturated rings. The Morgan fingerprint density at radius 3 is 2.33 bits per heavy atom. The number of carbonyl (C=O) groups excluding carboxylic acids is 3. The van der Waals surface area contributed by atoms with Crippen LogP contribution in [0.15, 0.2) is 107 Å². The van der Waals surface area contributed by atoms with Gasteiger partial charge in [0.25, 0.3) is 0 Å². The Kier molecular flexibility index (Phi) is 8.09. The van der Waals surface area contributed by atoms with Crippen molar-refractivity contribution in [1.82, 2.24) is 0 Å². The second kappa shape index (κ2) is 11.8. The number of anilines is 4. The van der Waals surface area contributed by atoms with E-state index < -0.39 is 0 Å². The molecule has 198 valence electrons. The van der Waals surface area contributed by atoms with E-state index in [1.54, 1.807) is 36.0 Å². The lowest BCUT2D eigenvalue weighted by Gasteiger charge is -2.40. The topological polar surface area (TPSA) is 90.5 Å². The Hall–Kier alpha value is -3.95. The van der Waals surface area contributed by atoms with Gasteiger partial charge in [0.1, 0.15) is 0 Å². The summed E-state index contributed by atoms with van der Waals surface area (Å²) in [5.74, 6) is -0.297. The summed E-state index contributed by atoms with van der Waals surface area (Å²) in [6.45, 7) is 3.28. The molecule has 1 aliphatic heterocycles. The third-order valence-corrected chi connectivity index (χ3v) is 8.60. The summed E-state index contributed by atoms with van der Waals surface area (Å²) in [6.07, 6.45) is 8.20. The molecule has 0 saturated carbocycles. The molecule has 2 aliphatic rings. The van der Waals surface area contributed by atoms with Crippen LogP contribution in [0.5, 0.6) is 0 Å². The standard InChI is InChI=1S/C30H28N4O3S2/c1-19(29(36)32-22-16-14-21(15-17-22)31-20(2)35)38-24-9-7-8-23(18-24)33-30(37)34-25-10-3-5-12-27(25)39-28-13-6-4-11-26(28)34/h3-19,25,27H,1-2H3,(H,31,35)(H,32,36)(H,33,37). The molecule has 0 spiro atoms. The fourth-order valence-electron chi connectivity index (χ4n) is 4.40. The summed E-state index contributed by atoms with van der Waals surface area (Å²) in [4.78, 5) is 41.3. The zero-order chi connectivity index (χ0) is 27.4. The third-order valence-electron chi connectivity index (χ3n) is 6.20. The molecule has 5 rings (SSSR count). The fourth-order valence-corrected chi connectivity index (χ4v) is 6.58. The number of urea groups is 1. The predicted molar refractivity (Wildman–Crippen MR) is 161 cm³/mol. The van der Waals surface area contributed by atoms with Crippen LogP contribution in [0.4, 0.5) is 27.5 Å². The number of rotatable bonds is 6. The minimum Gasteiger partial charge on any atom is -0.326 e. The van der Waals surface area contributed by atoms with E-state index in [0.29, 0.717) is 17.1 Å². The van der Waals surface area contributed by atoms with Crippen LogP contribution in [0.2, 0.25) is 0 Å². The van der Waals surface area contributed by atoms with Crippen molar-refractivity contribution in [2.24, 2.45) is 0 Å². The Balaban J connectivity index is 1.24. The van der Waals surface area contributed by atoms with Crippen LogP contribution in [-0.4, -0.2) is 34.4 Å². The number of benzene rings is 3. The Morgan fingerprint density at radius 2 is 1.56 bits per heavy atom. The average Bonchev–Trinajstić information content (AvgIpc) is 2.92. The molecule has 3 N–H and O–H groups in total. The van der Waals surface area contributed by atoms with Gasteiger partial charge >= 0.3 is 6.03 Å². The van der Waals surface area contributed by atoms with Crippen molar-refractivity contribution in [1.29, 1.82) is 0 Å². The molecule has 9 heteroatoms. The number of para-hydroxylation sites is 1. The largest absolute Gasteiger partial charge is 0.326 e. The van der Waals surface area contributed by atoms with Crippen molar-refractivity contribution in [2.45, 2.75) is 40.2 Å². The SMILES string of the molecule is CC(=O)Nc1ccc(NC(=O)C(C)Sc2cccc(NC(=O)N3c4ccccc4SC4C=CC=CC43)c2)cc1. The number of carbonyl (C=O) groups is 3. The summed E-state index contributed by atoms with van der Waals surface area (Å²) in [5.41, 5.74) is 2.86. The van der Waals surface area contributed by atoms with Gasteiger partial charge in [0.15, 0.2) is 0 Å². The highest BCUT2D eigenvalue weighted by atomic mass is 32.2. The number of nitrogens with zero attached hydrogens (tertiary/aromatic N) is 1. The van der Waals surface area contributed by atoms with Crippen molar-refractivity contribution in [3.05, 3.63) is 97.1 Å². The maximum absolute atomic E-state index is 13.6. The van der Waals surface area contributed by atoms with Crippen molar-refractivity contribution >= 4 is 64.1 Å². The summed E-state index contributed by atoms with van der Waals surface area (Å²) in [5, 5.41) is 8.44. The number of nitrogens with one attached hydrogen (secondary N) is 3. The molecule has 3 aromatic rings. The van der Waals surface area contributed by atoms with E-state index in [2.05, 4.69) is 28.1 Å². The van der Waals surface area contributed by atoms with Crippen molar-refractivity contribution in [3.63, 3.8) is 0 Å². The van der Waals surface area contributed by atoms with Crippen molar-refractivity contribution in [3.8, 4) is 0 Å². The molecule has 7 nitrogen and oxygen atoms in total. The summed E-state index contributed by atoms with van der Waals surface area (Å²) in [7, 11) is 0. The zero-order valence-electron chi connectivity index (χ0n) is 21.5. The lowest BCUT2D eigenvalue weighted by Crippen LogP contribution is -2.49. The van der Waals surface area contributed by atoms with E-state index in [1.165, 1.54) is 18.7 Å². The lowest BCUT2D eigenvalue weighted by atomic mass is 10.1. The number of fused-ring (bicyclic) bond motifs is 2. The van der Waals surface area contributed by atoms with Crippen LogP contribution in [0.3, 0.4) is 0 Å². The zero-order valence-corrected chi connectivity index (χ0v) is 23.1. The minimum absolute atomic E-state index is 0.0801. The van der Waals surface area contributed by atoms with Crippen LogP contribution in [0, 0.1) is 0 Å². The van der Waals surface area contributed by atoms with E-state index in [0.717, 1.165) is 15.5 Å². The molecule has 39 heavy (non-hydrogen) atoms. The molecule has 0 bridgehead atoms. The first-order valence-electron chi connectivity index (χ1n) is 12.5. The summed E-state index contributed by atoms with van der Waals surface area (Å²) in [6, 6.07) is 22.2. The molecule has 0 radical (unpaired) electrons. The fraction of sp³-hybridized carbons (Fsp3) is 0.167. The van der Waals surface area contributed by atoms with Crippen LogP contribution in [-0.2, 0) is 9.59 Å². The molecule has 3 unspecified atom stereocenters. The molecule has 4 amide bonds. The van der Waals surface area contributed by atoms with Crippen LogP contribution < -0.4 is 20.9 Å². The Morgan fingerprint density at radius 1 is 0.846 bits per heavy atom. The maximum Gasteiger partial charge on any atom is 0.326 e. The highest BCUT2D eigenvalue weighted by molar-refractivity contribution is 8.00. The molecule has 0 saturated heterocycles. The van der Waals surface area contributed by atoms with Crippen LogP contribution in [0.25, 0.3) is 0 Å². The van der Waals surface area contributed by atoms with E-state index in [1.807, 2.05) is 72.5 Å². The van der Waals surface area contributed by atoms with E-state index in [9.17, 15) is 14.4 Å². The number of hydrogen-bond donors (Lipinski definition) is 3. The minimum atomic E-state index is -0.378. The summed E-state index contributed by atoms with van der Waals surface area (Å²) >= 11 is 3.17. The van der Waals surface area contributed by atoms with Gasteiger partial charge in [0.2, 0.25) is 11.8 Å². The van der Waals surface area contributed by atoms with Gasteiger partial charge < -0.3 is 16.0 Å². The van der Waals surface area contributed by atoms with Crippen molar-refractivity contribution < 1.29 is 14.4 Å². The molecule has 1 heterocycles. The van der Waals surface area contributed by atoms with Gasteiger partial charge in [-0.05, 0) is 61.5 Å². The normalized spacial score (nSPS) is 17.9. The van der Waals surface area contributed by atoms with Gasteiger partial charge in [-0.15, -0.1) is 23.5 Å². The Labute approximate surface area is 236 Å². The van der Waals surface area contributed by atoms with Crippen molar-refractivity contribution in [2.75, 3.05) is 20.9 Å². The van der Waals surface area contributed by atoms with Crippen LogP contribution in [0.1, 0.15) is 13.8 Å². The van der Waals surface area contributed by atoms with Gasteiger partial charge in [-0.1, -0.05) is 42.5 Å². The third kappa shape index (κ3) is 6.38. The summed E-state index contributed by atoms with van der Waals surface area (Å²) < 4.78 is 0. The van der Waals surface area contributed by atoms with Gasteiger partial charge in [0, 0.05) is 33.8 Å². The monoisotopic (exact) mass is 556 g/mol. The highest BCUT2D eigenvalue weighted by Gasteiger charge is 2.36. The van der Waals surface area contributed by atoms with E-state index in [4.69, 9.17) is 0 Å². The quantitative estimate of drug-likeness (QED) is 0.292. The first kappa shape index (κ1) is 26.6. The first-order valence-corrected chi connectivity index (χ1v) is 14.3.